The summed E-state index contributed by atoms with van der Waals surface area (Å²) in [6.07, 6.45) is 1.21. The van der Waals surface area contributed by atoms with E-state index in [4.69, 9.17) is 4.74 Å². The third-order valence-electron chi connectivity index (χ3n) is 4.04. The fourth-order valence-corrected chi connectivity index (χ4v) is 2.38. The zero-order valence-corrected chi connectivity index (χ0v) is 14.7. The number of carbonyl (C=O) groups excluding carboxylic acids is 2. The molecule has 2 amide bonds. The number of benzene rings is 2. The average Bonchev–Trinajstić information content (AvgIpc) is 3.46. The third kappa shape index (κ3) is 5.04. The van der Waals surface area contributed by atoms with Crippen LogP contribution in [0.5, 0.6) is 5.75 Å². The Morgan fingerprint density at radius 1 is 1.19 bits per heavy atom. The second-order valence-electron chi connectivity index (χ2n) is 6.33. The SMILES string of the molecule is CC(Oc1ccc(C(=O)NC2CC2)cc1)C(=O)Nc1cccc([N+](=O)[O-])c1. The van der Waals surface area contributed by atoms with Gasteiger partial charge in [-0.3, -0.25) is 19.7 Å². The number of nitrogens with zero attached hydrogens (tertiary/aromatic N) is 1. The summed E-state index contributed by atoms with van der Waals surface area (Å²) < 4.78 is 5.58. The van der Waals surface area contributed by atoms with Crippen LogP contribution in [0.1, 0.15) is 30.1 Å². The van der Waals surface area contributed by atoms with E-state index in [-0.39, 0.29) is 17.6 Å². The van der Waals surface area contributed by atoms with Gasteiger partial charge in [-0.15, -0.1) is 0 Å². The molecule has 0 spiro atoms. The Morgan fingerprint density at radius 3 is 2.52 bits per heavy atom. The molecule has 8 heteroatoms. The molecular weight excluding hydrogens is 350 g/mol. The first-order chi connectivity index (χ1) is 12.9. The van der Waals surface area contributed by atoms with Crippen molar-refractivity contribution in [2.24, 2.45) is 0 Å². The summed E-state index contributed by atoms with van der Waals surface area (Å²) in [5.74, 6) is -0.119. The maximum Gasteiger partial charge on any atom is 0.271 e. The van der Waals surface area contributed by atoms with Crippen LogP contribution in [0.15, 0.2) is 48.5 Å². The predicted octanol–water partition coefficient (Wildman–Crippen LogP) is 2.89. The van der Waals surface area contributed by atoms with Gasteiger partial charge in [0.05, 0.1) is 4.92 Å². The fourth-order valence-electron chi connectivity index (χ4n) is 2.38. The molecule has 3 rings (SSSR count). The Labute approximate surface area is 155 Å². The van der Waals surface area contributed by atoms with E-state index in [1.807, 2.05) is 0 Å². The molecule has 1 fully saturated rings. The van der Waals surface area contributed by atoms with Crippen molar-refractivity contribution in [2.75, 3.05) is 5.32 Å². The number of nitro benzene ring substituents is 1. The van der Waals surface area contributed by atoms with Crippen molar-refractivity contribution in [1.82, 2.24) is 5.32 Å². The van der Waals surface area contributed by atoms with Crippen LogP contribution in [0.4, 0.5) is 11.4 Å². The van der Waals surface area contributed by atoms with Gasteiger partial charge in [0, 0.05) is 29.4 Å². The van der Waals surface area contributed by atoms with Gasteiger partial charge < -0.3 is 15.4 Å². The summed E-state index contributed by atoms with van der Waals surface area (Å²) in [5.41, 5.74) is 0.737. The second-order valence-corrected chi connectivity index (χ2v) is 6.33. The summed E-state index contributed by atoms with van der Waals surface area (Å²) in [4.78, 5) is 34.4. The zero-order chi connectivity index (χ0) is 19.4. The number of amides is 2. The molecule has 0 aromatic heterocycles. The normalized spacial score (nSPS) is 14.1. The molecule has 0 saturated heterocycles. The van der Waals surface area contributed by atoms with E-state index in [0.717, 1.165) is 12.8 Å². The highest BCUT2D eigenvalue weighted by molar-refractivity contribution is 5.95. The van der Waals surface area contributed by atoms with Crippen LogP contribution in [0, 0.1) is 10.1 Å². The van der Waals surface area contributed by atoms with Crippen LogP contribution in [0.3, 0.4) is 0 Å². The van der Waals surface area contributed by atoms with Gasteiger partial charge in [-0.25, -0.2) is 0 Å². The minimum absolute atomic E-state index is 0.110. The maximum atomic E-state index is 12.2. The lowest BCUT2D eigenvalue weighted by Crippen LogP contribution is -2.30. The van der Waals surface area contributed by atoms with E-state index < -0.39 is 16.9 Å². The van der Waals surface area contributed by atoms with Gasteiger partial charge in [-0.1, -0.05) is 6.07 Å². The first kappa shape index (κ1) is 18.4. The predicted molar refractivity (Wildman–Crippen MR) is 98.7 cm³/mol. The van der Waals surface area contributed by atoms with Gasteiger partial charge in [-0.05, 0) is 50.1 Å². The van der Waals surface area contributed by atoms with Gasteiger partial charge >= 0.3 is 0 Å². The lowest BCUT2D eigenvalue weighted by molar-refractivity contribution is -0.384. The molecule has 2 N–H and O–H groups in total. The summed E-state index contributed by atoms with van der Waals surface area (Å²) >= 11 is 0. The minimum Gasteiger partial charge on any atom is -0.481 e. The molecule has 2 aromatic rings. The van der Waals surface area contributed by atoms with Crippen molar-refractivity contribution in [1.29, 1.82) is 0 Å². The largest absolute Gasteiger partial charge is 0.481 e. The number of rotatable bonds is 7. The van der Waals surface area contributed by atoms with Gasteiger partial charge in [0.2, 0.25) is 0 Å². The van der Waals surface area contributed by atoms with Gasteiger partial charge in [-0.2, -0.15) is 0 Å². The molecule has 27 heavy (non-hydrogen) atoms. The van der Waals surface area contributed by atoms with Crippen molar-refractivity contribution in [3.63, 3.8) is 0 Å². The first-order valence-corrected chi connectivity index (χ1v) is 8.55. The fraction of sp³-hybridized carbons (Fsp3) is 0.263. The smallest absolute Gasteiger partial charge is 0.271 e. The van der Waals surface area contributed by atoms with E-state index >= 15 is 0 Å². The average molecular weight is 369 g/mol. The highest BCUT2D eigenvalue weighted by Crippen LogP contribution is 2.21. The van der Waals surface area contributed by atoms with Crippen molar-refractivity contribution < 1.29 is 19.2 Å². The molecule has 1 atom stereocenters. The molecule has 1 unspecified atom stereocenters. The Balaban J connectivity index is 1.56. The number of nitrogens with one attached hydrogen (secondary N) is 2. The molecule has 1 aliphatic carbocycles. The molecule has 1 saturated carbocycles. The molecule has 0 aliphatic heterocycles. The van der Waals surface area contributed by atoms with E-state index in [1.165, 1.54) is 18.2 Å². The number of carbonyl (C=O) groups is 2. The highest BCUT2D eigenvalue weighted by Gasteiger charge is 2.23. The summed E-state index contributed by atoms with van der Waals surface area (Å²) in [6.45, 7) is 1.57. The molecular formula is C19H19N3O5. The number of ether oxygens (including phenoxy) is 1. The summed E-state index contributed by atoms with van der Waals surface area (Å²) in [7, 11) is 0. The number of anilines is 1. The van der Waals surface area contributed by atoms with Gasteiger partial charge in [0.1, 0.15) is 5.75 Å². The summed E-state index contributed by atoms with van der Waals surface area (Å²) in [5, 5.41) is 16.3. The Kier molecular flexibility index (Phi) is 5.35. The molecule has 0 radical (unpaired) electrons. The zero-order valence-electron chi connectivity index (χ0n) is 14.7. The van der Waals surface area contributed by atoms with Crippen molar-refractivity contribution in [2.45, 2.75) is 31.9 Å². The van der Waals surface area contributed by atoms with Crippen LogP contribution >= 0.6 is 0 Å². The lowest BCUT2D eigenvalue weighted by atomic mass is 10.2. The van der Waals surface area contributed by atoms with Crippen molar-refractivity contribution >= 4 is 23.2 Å². The van der Waals surface area contributed by atoms with Crippen LogP contribution in [-0.2, 0) is 4.79 Å². The number of hydrogen-bond donors (Lipinski definition) is 2. The van der Waals surface area contributed by atoms with Gasteiger partial charge in [0.25, 0.3) is 17.5 Å². The van der Waals surface area contributed by atoms with Crippen molar-refractivity contribution in [3.05, 3.63) is 64.2 Å². The minimum atomic E-state index is -0.824. The number of nitro groups is 1. The second kappa shape index (κ2) is 7.86. The first-order valence-electron chi connectivity index (χ1n) is 8.55. The lowest BCUT2D eigenvalue weighted by Gasteiger charge is -2.15. The Morgan fingerprint density at radius 2 is 1.89 bits per heavy atom. The van der Waals surface area contributed by atoms with Crippen molar-refractivity contribution in [3.8, 4) is 5.75 Å². The van der Waals surface area contributed by atoms with E-state index in [0.29, 0.717) is 17.0 Å². The Bertz CT molecular complexity index is 862. The highest BCUT2D eigenvalue weighted by atomic mass is 16.6. The Hall–Kier alpha value is -3.42. The van der Waals surface area contributed by atoms with Crippen LogP contribution < -0.4 is 15.4 Å². The molecule has 0 heterocycles. The molecule has 1 aliphatic rings. The standard InChI is InChI=1S/C19H19N3O5/c1-12(18(23)21-15-3-2-4-16(11-15)22(25)26)27-17-9-5-13(6-10-17)19(24)20-14-7-8-14/h2-6,9-12,14H,7-8H2,1H3,(H,20,24)(H,21,23). The van der Waals surface area contributed by atoms with E-state index in [2.05, 4.69) is 10.6 Å². The molecule has 140 valence electrons. The van der Waals surface area contributed by atoms with Crippen LogP contribution in [-0.4, -0.2) is 28.9 Å². The number of non-ortho nitro benzene ring substituents is 1. The van der Waals surface area contributed by atoms with Crippen LogP contribution in [0.25, 0.3) is 0 Å². The monoisotopic (exact) mass is 369 g/mol. The van der Waals surface area contributed by atoms with Crippen LogP contribution in [0.2, 0.25) is 0 Å². The van der Waals surface area contributed by atoms with E-state index in [1.54, 1.807) is 37.3 Å². The van der Waals surface area contributed by atoms with E-state index in [9.17, 15) is 19.7 Å². The quantitative estimate of drug-likeness (QED) is 0.576. The molecule has 0 bridgehead atoms. The van der Waals surface area contributed by atoms with Gasteiger partial charge in [0.15, 0.2) is 6.10 Å². The number of hydrogen-bond acceptors (Lipinski definition) is 5. The summed E-state index contributed by atoms with van der Waals surface area (Å²) in [6, 6.07) is 12.5. The molecule has 2 aromatic carbocycles. The maximum absolute atomic E-state index is 12.2. The molecule has 8 nitrogen and oxygen atoms in total. The topological polar surface area (TPSA) is 111 Å². The third-order valence-corrected chi connectivity index (χ3v) is 4.04.